The van der Waals surface area contributed by atoms with Gasteiger partial charge in [-0.3, -0.25) is 4.90 Å². The molecule has 2 saturated heterocycles. The molecule has 0 bridgehead atoms. The summed E-state index contributed by atoms with van der Waals surface area (Å²) in [6, 6.07) is 1.46. The minimum Gasteiger partial charge on any atom is -0.329 e. The molecule has 2 aliphatic rings. The standard InChI is InChI=1S/C16H33N3/c1-4-15-7-5-6-10-19(15)16(13-17)8-11-18(12-9-16)14(2)3/h14-15H,4-13,17H2,1-3H3. The van der Waals surface area contributed by atoms with Crippen LogP contribution in [0.25, 0.3) is 0 Å². The predicted octanol–water partition coefficient (Wildman–Crippen LogP) is 2.45. The summed E-state index contributed by atoms with van der Waals surface area (Å²) in [5.74, 6) is 0. The Kier molecular flexibility index (Phi) is 5.27. The number of hydrogen-bond acceptors (Lipinski definition) is 3. The highest BCUT2D eigenvalue weighted by Gasteiger charge is 2.42. The molecule has 112 valence electrons. The molecular formula is C16H33N3. The molecule has 1 atom stereocenters. The van der Waals surface area contributed by atoms with Crippen LogP contribution in [0.4, 0.5) is 0 Å². The molecule has 0 saturated carbocycles. The molecule has 0 aliphatic carbocycles. The Morgan fingerprint density at radius 1 is 1.16 bits per heavy atom. The van der Waals surface area contributed by atoms with E-state index in [4.69, 9.17) is 5.73 Å². The highest BCUT2D eigenvalue weighted by molar-refractivity contribution is 5.00. The van der Waals surface area contributed by atoms with Gasteiger partial charge in [-0.15, -0.1) is 0 Å². The largest absolute Gasteiger partial charge is 0.329 e. The van der Waals surface area contributed by atoms with Gasteiger partial charge in [0.1, 0.15) is 0 Å². The van der Waals surface area contributed by atoms with Crippen LogP contribution in [0.2, 0.25) is 0 Å². The third-order valence-electron chi connectivity index (χ3n) is 5.55. The first-order valence-corrected chi connectivity index (χ1v) is 8.34. The molecule has 0 aromatic rings. The van der Waals surface area contributed by atoms with Crippen molar-refractivity contribution < 1.29 is 0 Å². The van der Waals surface area contributed by atoms with Crippen molar-refractivity contribution in [1.82, 2.24) is 9.80 Å². The van der Waals surface area contributed by atoms with Gasteiger partial charge in [0.15, 0.2) is 0 Å². The Morgan fingerprint density at radius 2 is 1.84 bits per heavy atom. The van der Waals surface area contributed by atoms with Crippen LogP contribution >= 0.6 is 0 Å². The van der Waals surface area contributed by atoms with Crippen LogP contribution in [0.5, 0.6) is 0 Å². The second kappa shape index (κ2) is 6.55. The van der Waals surface area contributed by atoms with Gasteiger partial charge < -0.3 is 10.6 Å². The van der Waals surface area contributed by atoms with Crippen molar-refractivity contribution in [2.75, 3.05) is 26.2 Å². The highest BCUT2D eigenvalue weighted by Crippen LogP contribution is 2.35. The molecule has 0 spiro atoms. The zero-order valence-corrected chi connectivity index (χ0v) is 13.2. The summed E-state index contributed by atoms with van der Waals surface area (Å²) < 4.78 is 0. The van der Waals surface area contributed by atoms with E-state index in [2.05, 4.69) is 30.6 Å². The Labute approximate surface area is 119 Å². The van der Waals surface area contributed by atoms with Gasteiger partial charge in [-0.2, -0.15) is 0 Å². The molecule has 0 amide bonds. The van der Waals surface area contributed by atoms with Gasteiger partial charge >= 0.3 is 0 Å². The fourth-order valence-electron chi connectivity index (χ4n) is 4.11. The summed E-state index contributed by atoms with van der Waals surface area (Å²) in [5.41, 5.74) is 6.55. The van der Waals surface area contributed by atoms with E-state index < -0.39 is 0 Å². The lowest BCUT2D eigenvalue weighted by Crippen LogP contribution is -2.63. The molecule has 2 fully saturated rings. The van der Waals surface area contributed by atoms with E-state index in [9.17, 15) is 0 Å². The summed E-state index contributed by atoms with van der Waals surface area (Å²) >= 11 is 0. The molecule has 2 aliphatic heterocycles. The molecule has 3 nitrogen and oxygen atoms in total. The van der Waals surface area contributed by atoms with Crippen LogP contribution in [0, 0.1) is 0 Å². The smallest absolute Gasteiger partial charge is 0.0358 e. The van der Waals surface area contributed by atoms with E-state index in [-0.39, 0.29) is 0 Å². The molecule has 1 unspecified atom stereocenters. The third-order valence-corrected chi connectivity index (χ3v) is 5.55. The van der Waals surface area contributed by atoms with Gasteiger partial charge in [0.25, 0.3) is 0 Å². The highest BCUT2D eigenvalue weighted by atomic mass is 15.3. The van der Waals surface area contributed by atoms with E-state index in [0.717, 1.165) is 12.6 Å². The summed E-state index contributed by atoms with van der Waals surface area (Å²) in [6.45, 7) is 11.5. The number of nitrogens with zero attached hydrogens (tertiary/aromatic N) is 2. The van der Waals surface area contributed by atoms with E-state index in [1.165, 1.54) is 58.2 Å². The molecule has 19 heavy (non-hydrogen) atoms. The fraction of sp³-hybridized carbons (Fsp3) is 1.00. The van der Waals surface area contributed by atoms with Crippen molar-refractivity contribution >= 4 is 0 Å². The van der Waals surface area contributed by atoms with Crippen LogP contribution in [0.3, 0.4) is 0 Å². The van der Waals surface area contributed by atoms with Gasteiger partial charge in [0.05, 0.1) is 0 Å². The number of rotatable bonds is 4. The Bertz CT molecular complexity index is 269. The first-order valence-electron chi connectivity index (χ1n) is 8.34. The molecule has 0 aromatic carbocycles. The lowest BCUT2D eigenvalue weighted by molar-refractivity contribution is -0.0266. The maximum atomic E-state index is 6.25. The number of likely N-dealkylation sites (tertiary alicyclic amines) is 2. The predicted molar refractivity (Wildman–Crippen MR) is 82.4 cm³/mol. The first-order chi connectivity index (χ1) is 9.13. The van der Waals surface area contributed by atoms with Crippen molar-refractivity contribution in [2.24, 2.45) is 5.73 Å². The van der Waals surface area contributed by atoms with Gasteiger partial charge in [-0.25, -0.2) is 0 Å². The maximum absolute atomic E-state index is 6.25. The van der Waals surface area contributed by atoms with Gasteiger partial charge in [-0.05, 0) is 52.5 Å². The summed E-state index contributed by atoms with van der Waals surface area (Å²) in [6.07, 6.45) is 7.97. The van der Waals surface area contributed by atoms with E-state index in [1.807, 2.05) is 0 Å². The molecule has 2 rings (SSSR count). The average Bonchev–Trinajstić information content (AvgIpc) is 2.47. The topological polar surface area (TPSA) is 32.5 Å². The number of nitrogens with two attached hydrogens (primary N) is 1. The first kappa shape index (κ1) is 15.3. The minimum absolute atomic E-state index is 0.298. The van der Waals surface area contributed by atoms with E-state index >= 15 is 0 Å². The van der Waals surface area contributed by atoms with Gasteiger partial charge in [0.2, 0.25) is 0 Å². The third kappa shape index (κ3) is 3.14. The monoisotopic (exact) mass is 267 g/mol. The molecule has 0 aromatic heterocycles. The molecule has 2 N–H and O–H groups in total. The molecule has 0 radical (unpaired) electrons. The summed E-state index contributed by atoms with van der Waals surface area (Å²) in [4.78, 5) is 5.41. The average molecular weight is 267 g/mol. The summed E-state index contributed by atoms with van der Waals surface area (Å²) in [5, 5.41) is 0. The second-order valence-electron chi connectivity index (χ2n) is 6.81. The Morgan fingerprint density at radius 3 is 2.37 bits per heavy atom. The maximum Gasteiger partial charge on any atom is 0.0358 e. The van der Waals surface area contributed by atoms with Crippen LogP contribution in [0.1, 0.15) is 59.3 Å². The van der Waals surface area contributed by atoms with Crippen LogP contribution in [-0.2, 0) is 0 Å². The molecule has 3 heteroatoms. The SMILES string of the molecule is CCC1CCCCN1C1(CN)CCN(C(C)C)CC1. The van der Waals surface area contributed by atoms with Gasteiger partial charge in [0, 0.05) is 37.3 Å². The second-order valence-corrected chi connectivity index (χ2v) is 6.81. The van der Waals surface area contributed by atoms with Crippen LogP contribution in [-0.4, -0.2) is 53.6 Å². The molecule has 2 heterocycles. The lowest BCUT2D eigenvalue weighted by Gasteiger charge is -2.53. The Hall–Kier alpha value is -0.120. The zero-order valence-electron chi connectivity index (χ0n) is 13.2. The zero-order chi connectivity index (χ0) is 13.9. The van der Waals surface area contributed by atoms with Crippen LogP contribution in [0.15, 0.2) is 0 Å². The van der Waals surface area contributed by atoms with Crippen molar-refractivity contribution in [3.05, 3.63) is 0 Å². The van der Waals surface area contributed by atoms with Crippen molar-refractivity contribution in [3.8, 4) is 0 Å². The van der Waals surface area contributed by atoms with Crippen LogP contribution < -0.4 is 5.73 Å². The normalized spacial score (nSPS) is 29.8. The summed E-state index contributed by atoms with van der Waals surface area (Å²) in [7, 11) is 0. The molecular weight excluding hydrogens is 234 g/mol. The van der Waals surface area contributed by atoms with Crippen molar-refractivity contribution in [1.29, 1.82) is 0 Å². The number of hydrogen-bond donors (Lipinski definition) is 1. The quantitative estimate of drug-likeness (QED) is 0.849. The number of piperidine rings is 2. The Balaban J connectivity index is 2.06. The van der Waals surface area contributed by atoms with E-state index in [1.54, 1.807) is 0 Å². The minimum atomic E-state index is 0.298. The lowest BCUT2D eigenvalue weighted by atomic mass is 9.81. The van der Waals surface area contributed by atoms with Gasteiger partial charge in [-0.1, -0.05) is 13.3 Å². The van der Waals surface area contributed by atoms with Crippen molar-refractivity contribution in [2.45, 2.75) is 76.9 Å². The fourth-order valence-corrected chi connectivity index (χ4v) is 4.11. The van der Waals surface area contributed by atoms with E-state index in [0.29, 0.717) is 11.6 Å². The van der Waals surface area contributed by atoms with Crippen molar-refractivity contribution in [3.63, 3.8) is 0 Å².